The fraction of sp³-hybridized carbons (Fsp3) is 0.391. The van der Waals surface area contributed by atoms with E-state index in [0.717, 1.165) is 48.9 Å². The van der Waals surface area contributed by atoms with Crippen molar-refractivity contribution in [3.05, 3.63) is 53.9 Å². The van der Waals surface area contributed by atoms with Crippen molar-refractivity contribution >= 4 is 17.0 Å². The number of likely N-dealkylation sites (tertiary alicyclic amines) is 1. The first-order valence-electron chi connectivity index (χ1n) is 9.92. The molecule has 2 aromatic carbocycles. The Morgan fingerprint density at radius 2 is 2.07 bits per heavy atom. The summed E-state index contributed by atoms with van der Waals surface area (Å²) in [5.41, 5.74) is 5.19. The van der Waals surface area contributed by atoms with Crippen LogP contribution in [-0.4, -0.2) is 22.3 Å². The highest BCUT2D eigenvalue weighted by Crippen LogP contribution is 2.35. The maximum absolute atomic E-state index is 12.5. The Morgan fingerprint density at radius 3 is 2.89 bits per heavy atom. The van der Waals surface area contributed by atoms with Gasteiger partial charge in [0.15, 0.2) is 5.58 Å². The number of fused-ring (bicyclic) bond motifs is 1. The van der Waals surface area contributed by atoms with E-state index in [2.05, 4.69) is 50.2 Å². The number of aryl methyl sites for hydroxylation is 1. The molecule has 1 saturated heterocycles. The molecule has 140 valence electrons. The van der Waals surface area contributed by atoms with Crippen LogP contribution in [0.15, 0.2) is 46.9 Å². The van der Waals surface area contributed by atoms with E-state index in [0.29, 0.717) is 12.3 Å². The number of amides is 1. The molecule has 1 aromatic heterocycles. The molecule has 1 fully saturated rings. The molecule has 0 spiro atoms. The van der Waals surface area contributed by atoms with Gasteiger partial charge < -0.3 is 9.32 Å². The molecule has 1 amide bonds. The first-order valence-corrected chi connectivity index (χ1v) is 9.92. The quantitative estimate of drug-likeness (QED) is 0.588. The van der Waals surface area contributed by atoms with Gasteiger partial charge in [-0.3, -0.25) is 4.79 Å². The molecule has 0 saturated carbocycles. The Bertz CT molecular complexity index is 960. The van der Waals surface area contributed by atoms with Crippen molar-refractivity contribution in [3.8, 4) is 11.1 Å². The molecule has 2 heterocycles. The average molecular weight is 362 g/mol. The number of hydrogen-bond donors (Lipinski definition) is 0. The molecular weight excluding hydrogens is 336 g/mol. The van der Waals surface area contributed by atoms with Gasteiger partial charge >= 0.3 is 0 Å². The second-order valence-electron chi connectivity index (χ2n) is 7.45. The molecule has 3 aromatic rings. The first-order chi connectivity index (χ1) is 13.2. The lowest BCUT2D eigenvalue weighted by Crippen LogP contribution is -2.30. The lowest BCUT2D eigenvalue weighted by molar-refractivity contribution is -0.132. The first kappa shape index (κ1) is 17.8. The van der Waals surface area contributed by atoms with E-state index in [1.54, 1.807) is 0 Å². The molecule has 0 radical (unpaired) electrons. The van der Waals surface area contributed by atoms with E-state index in [4.69, 9.17) is 9.40 Å². The molecule has 1 unspecified atom stereocenters. The van der Waals surface area contributed by atoms with Crippen LogP contribution in [0.3, 0.4) is 0 Å². The summed E-state index contributed by atoms with van der Waals surface area (Å²) in [4.78, 5) is 19.2. The summed E-state index contributed by atoms with van der Waals surface area (Å²) in [6, 6.07) is 14.6. The number of carbonyl (C=O) groups excluding carboxylic acids is 1. The molecule has 4 rings (SSSR count). The second kappa shape index (κ2) is 7.55. The summed E-state index contributed by atoms with van der Waals surface area (Å²) in [5, 5.41) is 0. The second-order valence-corrected chi connectivity index (χ2v) is 7.45. The zero-order valence-electron chi connectivity index (χ0n) is 16.1. The number of rotatable bonds is 5. The predicted molar refractivity (Wildman–Crippen MR) is 107 cm³/mol. The van der Waals surface area contributed by atoms with Gasteiger partial charge in [-0.15, -0.1) is 0 Å². The maximum atomic E-state index is 12.5. The van der Waals surface area contributed by atoms with Crippen LogP contribution in [0, 0.1) is 6.92 Å². The molecule has 4 nitrogen and oxygen atoms in total. The molecule has 1 aliphatic rings. The molecule has 4 heteroatoms. The highest BCUT2D eigenvalue weighted by Gasteiger charge is 2.33. The van der Waals surface area contributed by atoms with Crippen molar-refractivity contribution in [1.29, 1.82) is 0 Å². The van der Waals surface area contributed by atoms with E-state index in [1.165, 1.54) is 11.1 Å². The Kier molecular flexibility index (Phi) is 4.97. The third kappa shape index (κ3) is 3.61. The van der Waals surface area contributed by atoms with Crippen molar-refractivity contribution in [2.24, 2.45) is 0 Å². The fourth-order valence-corrected chi connectivity index (χ4v) is 3.89. The highest BCUT2D eigenvalue weighted by molar-refractivity contribution is 5.81. The van der Waals surface area contributed by atoms with E-state index < -0.39 is 0 Å². The minimum absolute atomic E-state index is 0.0239. The summed E-state index contributed by atoms with van der Waals surface area (Å²) in [6.45, 7) is 5.02. The van der Waals surface area contributed by atoms with Crippen molar-refractivity contribution in [2.45, 2.75) is 52.0 Å². The number of oxazole rings is 1. The zero-order valence-corrected chi connectivity index (χ0v) is 16.1. The van der Waals surface area contributed by atoms with Gasteiger partial charge in [0.05, 0.1) is 0 Å². The van der Waals surface area contributed by atoms with Gasteiger partial charge in [0.1, 0.15) is 11.6 Å². The number of unbranched alkanes of at least 4 members (excludes halogenated alkanes) is 1. The Balaban J connectivity index is 1.62. The van der Waals surface area contributed by atoms with Crippen LogP contribution in [0.1, 0.15) is 56.5 Å². The fourth-order valence-electron chi connectivity index (χ4n) is 3.89. The maximum Gasteiger partial charge on any atom is 0.223 e. The highest BCUT2D eigenvalue weighted by atomic mass is 16.3. The molecular formula is C23H26N2O2. The van der Waals surface area contributed by atoms with Crippen molar-refractivity contribution < 1.29 is 9.21 Å². The predicted octanol–water partition coefficient (Wildman–Crippen LogP) is 5.66. The molecule has 1 atom stereocenters. The summed E-state index contributed by atoms with van der Waals surface area (Å²) in [7, 11) is 0. The number of nitrogens with zero attached hydrogens (tertiary/aromatic N) is 2. The summed E-state index contributed by atoms with van der Waals surface area (Å²) in [6.07, 6.45) is 4.53. The lowest BCUT2D eigenvalue weighted by atomic mass is 10.0. The summed E-state index contributed by atoms with van der Waals surface area (Å²) >= 11 is 0. The largest absolute Gasteiger partial charge is 0.438 e. The van der Waals surface area contributed by atoms with E-state index in [9.17, 15) is 4.79 Å². The Morgan fingerprint density at radius 1 is 1.22 bits per heavy atom. The molecule has 1 aliphatic heterocycles. The van der Waals surface area contributed by atoms with Gasteiger partial charge in [-0.25, -0.2) is 4.98 Å². The molecule has 27 heavy (non-hydrogen) atoms. The van der Waals surface area contributed by atoms with Gasteiger partial charge in [-0.05, 0) is 49.4 Å². The van der Waals surface area contributed by atoms with Crippen LogP contribution in [0.5, 0.6) is 0 Å². The molecule has 0 N–H and O–H groups in total. The van der Waals surface area contributed by atoms with Crippen LogP contribution in [0.2, 0.25) is 0 Å². The third-order valence-electron chi connectivity index (χ3n) is 5.36. The number of carbonyl (C=O) groups is 1. The van der Waals surface area contributed by atoms with Crippen LogP contribution in [-0.2, 0) is 4.79 Å². The Hall–Kier alpha value is -2.62. The third-order valence-corrected chi connectivity index (χ3v) is 5.36. The number of hydrogen-bond acceptors (Lipinski definition) is 3. The normalized spacial score (nSPS) is 17.0. The van der Waals surface area contributed by atoms with Gasteiger partial charge in [0.2, 0.25) is 11.8 Å². The van der Waals surface area contributed by atoms with Crippen molar-refractivity contribution in [3.63, 3.8) is 0 Å². The topological polar surface area (TPSA) is 46.3 Å². The number of benzene rings is 2. The Labute approximate surface area is 160 Å². The van der Waals surface area contributed by atoms with Crippen LogP contribution in [0.4, 0.5) is 0 Å². The smallest absolute Gasteiger partial charge is 0.223 e. The van der Waals surface area contributed by atoms with E-state index >= 15 is 0 Å². The summed E-state index contributed by atoms with van der Waals surface area (Å²) in [5.74, 6) is 0.899. The van der Waals surface area contributed by atoms with Crippen LogP contribution >= 0.6 is 0 Å². The SMILES string of the molecule is CCCCC(=O)N1CCCC1c1nc2cc(-c3cccc(C)c3)ccc2o1. The zero-order chi connectivity index (χ0) is 18.8. The van der Waals surface area contributed by atoms with Crippen LogP contribution < -0.4 is 0 Å². The number of aromatic nitrogens is 1. The van der Waals surface area contributed by atoms with Gasteiger partial charge in [0, 0.05) is 13.0 Å². The van der Waals surface area contributed by atoms with Gasteiger partial charge in [-0.2, -0.15) is 0 Å². The molecule has 0 bridgehead atoms. The van der Waals surface area contributed by atoms with Gasteiger partial charge in [0.25, 0.3) is 0 Å². The van der Waals surface area contributed by atoms with E-state index in [1.807, 2.05) is 11.0 Å². The lowest BCUT2D eigenvalue weighted by Gasteiger charge is -2.22. The van der Waals surface area contributed by atoms with E-state index in [-0.39, 0.29) is 11.9 Å². The monoisotopic (exact) mass is 362 g/mol. The van der Waals surface area contributed by atoms with Crippen molar-refractivity contribution in [1.82, 2.24) is 9.88 Å². The minimum Gasteiger partial charge on any atom is -0.438 e. The standard InChI is InChI=1S/C23H26N2O2/c1-3-4-10-22(26)25-13-6-9-20(25)23-24-19-15-18(11-12-21(19)27-23)17-8-5-7-16(2)14-17/h5,7-8,11-12,14-15,20H,3-4,6,9-10,13H2,1-2H3. The van der Waals surface area contributed by atoms with Crippen molar-refractivity contribution in [2.75, 3.05) is 6.54 Å². The van der Waals surface area contributed by atoms with Gasteiger partial charge in [-0.1, -0.05) is 49.2 Å². The minimum atomic E-state index is -0.0239. The van der Waals surface area contributed by atoms with Crippen LogP contribution in [0.25, 0.3) is 22.2 Å². The summed E-state index contributed by atoms with van der Waals surface area (Å²) < 4.78 is 6.05. The average Bonchev–Trinajstić information content (AvgIpc) is 3.31. The molecule has 0 aliphatic carbocycles.